The number of hydrogen-bond donors (Lipinski definition) is 2. The topological polar surface area (TPSA) is 74.6 Å². The minimum Gasteiger partial charge on any atom is -0.478 e. The predicted octanol–water partition coefficient (Wildman–Crippen LogP) is 2.64. The molecular formula is C14H10O4. The maximum atomic E-state index is 11.3. The molecule has 0 aromatic heterocycles. The monoisotopic (exact) mass is 242 g/mol. The van der Waals surface area contributed by atoms with E-state index in [0.29, 0.717) is 10.9 Å². The molecule has 0 atom stereocenters. The fourth-order valence-corrected chi connectivity index (χ4v) is 1.83. The highest BCUT2D eigenvalue weighted by molar-refractivity contribution is 6.07. The molecule has 18 heavy (non-hydrogen) atoms. The van der Waals surface area contributed by atoms with Crippen molar-refractivity contribution in [2.75, 3.05) is 0 Å². The fraction of sp³-hybridized carbons (Fsp3) is 0. The van der Waals surface area contributed by atoms with Crippen molar-refractivity contribution in [2.45, 2.75) is 0 Å². The summed E-state index contributed by atoms with van der Waals surface area (Å²) in [4.78, 5) is 21.8. The van der Waals surface area contributed by atoms with E-state index >= 15 is 0 Å². The maximum absolute atomic E-state index is 11.3. The molecule has 2 rings (SSSR count). The van der Waals surface area contributed by atoms with E-state index in [1.165, 1.54) is 6.08 Å². The molecule has 2 aromatic rings. The van der Waals surface area contributed by atoms with E-state index in [0.717, 1.165) is 11.5 Å². The van der Waals surface area contributed by atoms with E-state index < -0.39 is 11.9 Å². The molecule has 2 N–H and O–H groups in total. The van der Waals surface area contributed by atoms with E-state index in [1.54, 1.807) is 24.3 Å². The lowest BCUT2D eigenvalue weighted by atomic mass is 9.98. The third kappa shape index (κ3) is 2.22. The summed E-state index contributed by atoms with van der Waals surface area (Å²) in [5.74, 6) is -2.18. The molecule has 0 fully saturated rings. The SMILES string of the molecule is O=C(O)C=Cc1ccc2ccccc2c1C(=O)O. The summed E-state index contributed by atoms with van der Waals surface area (Å²) >= 11 is 0. The van der Waals surface area contributed by atoms with Crippen molar-refractivity contribution in [1.82, 2.24) is 0 Å². The first kappa shape index (κ1) is 11.9. The Labute approximate surface area is 103 Å². The van der Waals surface area contributed by atoms with Crippen molar-refractivity contribution >= 4 is 28.8 Å². The number of carboxylic acid groups (broad SMARTS) is 2. The van der Waals surface area contributed by atoms with E-state index in [2.05, 4.69) is 0 Å². The van der Waals surface area contributed by atoms with Gasteiger partial charge in [-0.15, -0.1) is 0 Å². The van der Waals surface area contributed by atoms with E-state index in [-0.39, 0.29) is 5.56 Å². The lowest BCUT2D eigenvalue weighted by molar-refractivity contribution is -0.131. The number of hydrogen-bond acceptors (Lipinski definition) is 2. The van der Waals surface area contributed by atoms with E-state index in [9.17, 15) is 14.7 Å². The molecule has 0 radical (unpaired) electrons. The van der Waals surface area contributed by atoms with Crippen molar-refractivity contribution in [3.05, 3.63) is 53.6 Å². The van der Waals surface area contributed by atoms with Gasteiger partial charge >= 0.3 is 11.9 Å². The summed E-state index contributed by atoms with van der Waals surface area (Å²) in [7, 11) is 0. The van der Waals surface area contributed by atoms with Gasteiger partial charge in [0, 0.05) is 6.08 Å². The molecule has 0 unspecified atom stereocenters. The molecule has 0 aliphatic rings. The molecule has 0 heterocycles. The van der Waals surface area contributed by atoms with E-state index in [1.807, 2.05) is 12.1 Å². The van der Waals surface area contributed by atoms with Gasteiger partial charge in [0.2, 0.25) is 0 Å². The third-order valence-electron chi connectivity index (χ3n) is 2.58. The van der Waals surface area contributed by atoms with Crippen molar-refractivity contribution in [3.63, 3.8) is 0 Å². The Morgan fingerprint density at radius 2 is 1.72 bits per heavy atom. The third-order valence-corrected chi connectivity index (χ3v) is 2.58. The highest BCUT2D eigenvalue weighted by Crippen LogP contribution is 2.23. The zero-order chi connectivity index (χ0) is 13.1. The van der Waals surface area contributed by atoms with Crippen LogP contribution in [0.4, 0.5) is 0 Å². The highest BCUT2D eigenvalue weighted by atomic mass is 16.4. The minimum atomic E-state index is -1.11. The summed E-state index contributed by atoms with van der Waals surface area (Å²) in [6, 6.07) is 10.5. The molecule has 0 saturated carbocycles. The van der Waals surface area contributed by atoms with Gasteiger partial charge < -0.3 is 10.2 Å². The molecule has 0 spiro atoms. The van der Waals surface area contributed by atoms with Crippen LogP contribution in [0.1, 0.15) is 15.9 Å². The molecule has 0 saturated heterocycles. The summed E-state index contributed by atoms with van der Waals surface area (Å²) in [5, 5.41) is 19.2. The van der Waals surface area contributed by atoms with Gasteiger partial charge in [0.15, 0.2) is 0 Å². The predicted molar refractivity (Wildman–Crippen MR) is 67.6 cm³/mol. The summed E-state index contributed by atoms with van der Waals surface area (Å²) in [5.41, 5.74) is 0.495. The molecule has 0 aliphatic heterocycles. The van der Waals surface area contributed by atoms with Crippen LogP contribution in [0.2, 0.25) is 0 Å². The number of carboxylic acids is 2. The van der Waals surface area contributed by atoms with Gasteiger partial charge in [-0.05, 0) is 22.4 Å². The van der Waals surface area contributed by atoms with Gasteiger partial charge in [0.25, 0.3) is 0 Å². The van der Waals surface area contributed by atoms with Crippen LogP contribution < -0.4 is 0 Å². The number of fused-ring (bicyclic) bond motifs is 1. The van der Waals surface area contributed by atoms with Gasteiger partial charge in [0.05, 0.1) is 5.56 Å². The van der Waals surface area contributed by atoms with Gasteiger partial charge in [-0.1, -0.05) is 36.4 Å². The van der Waals surface area contributed by atoms with Gasteiger partial charge in [-0.2, -0.15) is 0 Å². The van der Waals surface area contributed by atoms with Crippen LogP contribution in [-0.2, 0) is 4.79 Å². The number of carbonyl (C=O) groups is 2. The number of benzene rings is 2. The average Bonchev–Trinajstić information content (AvgIpc) is 2.35. The van der Waals surface area contributed by atoms with Crippen molar-refractivity contribution in [3.8, 4) is 0 Å². The standard InChI is InChI=1S/C14H10O4/c15-12(16)8-7-10-6-5-9-3-1-2-4-11(9)13(10)14(17)18/h1-8H,(H,15,16)(H,17,18). The Kier molecular flexibility index (Phi) is 3.10. The maximum Gasteiger partial charge on any atom is 0.336 e. The molecule has 0 amide bonds. The fourth-order valence-electron chi connectivity index (χ4n) is 1.83. The molecule has 2 aromatic carbocycles. The summed E-state index contributed by atoms with van der Waals surface area (Å²) < 4.78 is 0. The molecule has 4 nitrogen and oxygen atoms in total. The second-order valence-electron chi connectivity index (χ2n) is 3.73. The van der Waals surface area contributed by atoms with Crippen LogP contribution in [0.25, 0.3) is 16.8 Å². The first-order valence-corrected chi connectivity index (χ1v) is 5.25. The Hall–Kier alpha value is -2.62. The van der Waals surface area contributed by atoms with Crippen molar-refractivity contribution in [2.24, 2.45) is 0 Å². The smallest absolute Gasteiger partial charge is 0.336 e. The largest absolute Gasteiger partial charge is 0.478 e. The van der Waals surface area contributed by atoms with Crippen molar-refractivity contribution < 1.29 is 19.8 Å². The Bertz CT molecular complexity index is 656. The second kappa shape index (κ2) is 4.71. The zero-order valence-corrected chi connectivity index (χ0v) is 9.33. The van der Waals surface area contributed by atoms with Gasteiger partial charge in [-0.3, -0.25) is 0 Å². The molecule has 0 bridgehead atoms. The number of aromatic carboxylic acids is 1. The Morgan fingerprint density at radius 3 is 2.39 bits per heavy atom. The lowest BCUT2D eigenvalue weighted by Crippen LogP contribution is -2.01. The zero-order valence-electron chi connectivity index (χ0n) is 9.33. The Morgan fingerprint density at radius 1 is 1.00 bits per heavy atom. The van der Waals surface area contributed by atoms with Crippen molar-refractivity contribution in [1.29, 1.82) is 0 Å². The van der Waals surface area contributed by atoms with Crippen LogP contribution in [-0.4, -0.2) is 22.2 Å². The van der Waals surface area contributed by atoms with Crippen LogP contribution in [0, 0.1) is 0 Å². The molecule has 4 heteroatoms. The van der Waals surface area contributed by atoms with Crippen LogP contribution in [0.15, 0.2) is 42.5 Å². The van der Waals surface area contributed by atoms with Crippen LogP contribution in [0.5, 0.6) is 0 Å². The molecular weight excluding hydrogens is 232 g/mol. The minimum absolute atomic E-state index is 0.116. The first-order chi connectivity index (χ1) is 8.59. The van der Waals surface area contributed by atoms with Gasteiger partial charge in [-0.25, -0.2) is 9.59 Å². The number of rotatable bonds is 3. The number of aliphatic carboxylic acids is 1. The quantitative estimate of drug-likeness (QED) is 0.811. The first-order valence-electron chi connectivity index (χ1n) is 5.25. The Balaban J connectivity index is 2.70. The molecule has 90 valence electrons. The van der Waals surface area contributed by atoms with Crippen LogP contribution >= 0.6 is 0 Å². The second-order valence-corrected chi connectivity index (χ2v) is 3.73. The van der Waals surface area contributed by atoms with Crippen LogP contribution in [0.3, 0.4) is 0 Å². The average molecular weight is 242 g/mol. The van der Waals surface area contributed by atoms with E-state index in [4.69, 9.17) is 5.11 Å². The summed E-state index contributed by atoms with van der Waals surface area (Å²) in [6.45, 7) is 0. The highest BCUT2D eigenvalue weighted by Gasteiger charge is 2.12. The molecule has 0 aliphatic carbocycles. The normalized spacial score (nSPS) is 10.9. The summed E-state index contributed by atoms with van der Waals surface area (Å²) in [6.07, 6.45) is 2.22. The lowest BCUT2D eigenvalue weighted by Gasteiger charge is -2.06. The van der Waals surface area contributed by atoms with Gasteiger partial charge in [0.1, 0.15) is 0 Å².